The van der Waals surface area contributed by atoms with Gasteiger partial charge in [0.05, 0.1) is 11.2 Å². The molecule has 0 radical (unpaired) electrons. The van der Waals surface area contributed by atoms with Gasteiger partial charge in [-0.2, -0.15) is 0 Å². The topological polar surface area (TPSA) is 55.8 Å². The first-order chi connectivity index (χ1) is 15.4. The quantitative estimate of drug-likeness (QED) is 0.199. The van der Waals surface area contributed by atoms with Crippen LogP contribution in [0.5, 0.6) is 5.75 Å². The molecule has 1 aromatic rings. The highest BCUT2D eigenvalue weighted by atomic mass is 79.9. The number of esters is 1. The van der Waals surface area contributed by atoms with Crippen molar-refractivity contribution >= 4 is 37.8 Å². The van der Waals surface area contributed by atoms with Gasteiger partial charge in [0.25, 0.3) is 0 Å². The van der Waals surface area contributed by atoms with E-state index in [0.29, 0.717) is 16.8 Å². The Morgan fingerprint density at radius 3 is 2.45 bits per heavy atom. The summed E-state index contributed by atoms with van der Waals surface area (Å²) in [5.74, 6) is -0.132. The van der Waals surface area contributed by atoms with E-state index in [4.69, 9.17) is 9.47 Å². The molecule has 1 saturated heterocycles. The summed E-state index contributed by atoms with van der Waals surface area (Å²) in [6.07, 6.45) is 6.00. The van der Waals surface area contributed by atoms with E-state index in [0.717, 1.165) is 44.1 Å². The second-order valence-corrected chi connectivity index (χ2v) is 13.4. The van der Waals surface area contributed by atoms with Gasteiger partial charge >= 0.3 is 5.97 Å². The van der Waals surface area contributed by atoms with Crippen molar-refractivity contribution in [1.29, 1.82) is 0 Å². The van der Waals surface area contributed by atoms with E-state index in [-0.39, 0.29) is 33.7 Å². The van der Waals surface area contributed by atoms with Crippen LogP contribution in [0.2, 0.25) is 0 Å². The molecule has 0 amide bonds. The molecule has 1 aromatic carbocycles. The first kappa shape index (κ1) is 25.2. The molecule has 3 aliphatic heterocycles. The Labute approximate surface area is 214 Å². The lowest BCUT2D eigenvalue weighted by molar-refractivity contribution is -0.214. The Balaban J connectivity index is 1.81. The summed E-state index contributed by atoms with van der Waals surface area (Å²) in [6.45, 7) is 10.8. The van der Waals surface area contributed by atoms with Crippen LogP contribution in [-0.2, 0) is 15.9 Å². The summed E-state index contributed by atoms with van der Waals surface area (Å²) >= 11 is 8.01. The van der Waals surface area contributed by atoms with Gasteiger partial charge in [-0.25, -0.2) is 4.79 Å². The summed E-state index contributed by atoms with van der Waals surface area (Å²) in [4.78, 5) is 13.7. The Morgan fingerprint density at radius 1 is 1.03 bits per heavy atom. The average Bonchev–Trinajstić information content (AvgIpc) is 2.74. The van der Waals surface area contributed by atoms with E-state index < -0.39 is 5.60 Å². The maximum Gasteiger partial charge on any atom is 0.338 e. The average molecular weight is 584 g/mol. The minimum atomic E-state index is -0.594. The molecule has 0 spiro atoms. The Morgan fingerprint density at radius 2 is 1.76 bits per heavy atom. The molecule has 4 aliphatic rings. The van der Waals surface area contributed by atoms with Crippen molar-refractivity contribution in [3.63, 3.8) is 0 Å². The SMILES string of the molecule is CC1=C2Cc3cc(ccc3O)C(=O)O[C@H]3CC[C@@](C)(OC3(C)C)[C@H](Br)CC[C@]2(C)[C@@H](Br)CC1. The number of carbonyl (C=O) groups excluding carboxylic acids is 1. The number of rotatable bonds is 0. The predicted octanol–water partition coefficient (Wildman–Crippen LogP) is 7.25. The zero-order valence-electron chi connectivity index (χ0n) is 20.3. The van der Waals surface area contributed by atoms with Crippen molar-refractivity contribution in [2.45, 2.75) is 107 Å². The molecule has 3 heterocycles. The lowest BCUT2D eigenvalue weighted by Gasteiger charge is -2.50. The van der Waals surface area contributed by atoms with Crippen LogP contribution in [0.15, 0.2) is 29.3 Å². The first-order valence-corrected chi connectivity index (χ1v) is 13.9. The summed E-state index contributed by atoms with van der Waals surface area (Å²) in [5, 5.41) is 10.7. The number of hydrogen-bond acceptors (Lipinski definition) is 4. The highest BCUT2D eigenvalue weighted by Crippen LogP contribution is 2.51. The smallest absolute Gasteiger partial charge is 0.338 e. The van der Waals surface area contributed by atoms with Gasteiger partial charge in [-0.1, -0.05) is 49.9 Å². The minimum Gasteiger partial charge on any atom is -0.508 e. The van der Waals surface area contributed by atoms with Crippen molar-refractivity contribution in [3.8, 4) is 5.75 Å². The summed E-state index contributed by atoms with van der Waals surface area (Å²) in [6, 6.07) is 5.09. The van der Waals surface area contributed by atoms with Crippen LogP contribution >= 0.6 is 31.9 Å². The molecule has 33 heavy (non-hydrogen) atoms. The third-order valence-corrected chi connectivity index (χ3v) is 11.2. The number of phenolic OH excluding ortho intramolecular Hbond substituents is 1. The highest BCUT2D eigenvalue weighted by molar-refractivity contribution is 9.09. The molecule has 0 unspecified atom stereocenters. The molecule has 1 N–H and O–H groups in total. The van der Waals surface area contributed by atoms with Crippen molar-refractivity contribution in [1.82, 2.24) is 0 Å². The van der Waals surface area contributed by atoms with Gasteiger partial charge in [0.1, 0.15) is 17.5 Å². The first-order valence-electron chi connectivity index (χ1n) is 12.1. The summed E-state index contributed by atoms with van der Waals surface area (Å²) < 4.78 is 12.6. The fourth-order valence-corrected chi connectivity index (χ4v) is 7.31. The number of allylic oxidation sites excluding steroid dienone is 2. The number of fused-ring (bicyclic) bond motifs is 5. The molecule has 1 fully saturated rings. The van der Waals surface area contributed by atoms with E-state index >= 15 is 0 Å². The molecular formula is C27H36Br2O4. The number of alkyl halides is 2. The van der Waals surface area contributed by atoms with Crippen molar-refractivity contribution in [3.05, 3.63) is 40.5 Å². The zero-order valence-corrected chi connectivity index (χ0v) is 23.5. The largest absolute Gasteiger partial charge is 0.508 e. The fraction of sp³-hybridized carbons (Fsp3) is 0.667. The molecule has 4 nitrogen and oxygen atoms in total. The predicted molar refractivity (Wildman–Crippen MR) is 139 cm³/mol. The number of aromatic hydroxyl groups is 1. The highest BCUT2D eigenvalue weighted by Gasteiger charge is 2.49. The van der Waals surface area contributed by atoms with Crippen LogP contribution in [0.4, 0.5) is 0 Å². The van der Waals surface area contributed by atoms with Gasteiger partial charge < -0.3 is 14.6 Å². The number of ether oxygens (including phenoxy) is 2. The molecule has 0 aromatic heterocycles. The van der Waals surface area contributed by atoms with Gasteiger partial charge in [-0.15, -0.1) is 0 Å². The lowest BCUT2D eigenvalue weighted by atomic mass is 9.66. The van der Waals surface area contributed by atoms with Crippen LogP contribution in [0.3, 0.4) is 0 Å². The third kappa shape index (κ3) is 4.69. The third-order valence-electron chi connectivity index (χ3n) is 8.35. The van der Waals surface area contributed by atoms with E-state index in [1.54, 1.807) is 12.1 Å². The molecular weight excluding hydrogens is 548 g/mol. The summed E-state index contributed by atoms with van der Waals surface area (Å²) in [5.41, 5.74) is 3.02. The maximum absolute atomic E-state index is 13.1. The Hall–Kier alpha value is -0.850. The number of halogens is 2. The molecule has 0 saturated carbocycles. The Kier molecular flexibility index (Phi) is 6.87. The van der Waals surface area contributed by atoms with Gasteiger partial charge in [0.15, 0.2) is 0 Å². The van der Waals surface area contributed by atoms with E-state index in [9.17, 15) is 9.90 Å². The van der Waals surface area contributed by atoms with Gasteiger partial charge in [-0.3, -0.25) is 0 Å². The van der Waals surface area contributed by atoms with Crippen LogP contribution < -0.4 is 0 Å². The van der Waals surface area contributed by atoms with Gasteiger partial charge in [0.2, 0.25) is 0 Å². The van der Waals surface area contributed by atoms with Crippen molar-refractivity contribution < 1.29 is 19.4 Å². The van der Waals surface area contributed by atoms with E-state index in [1.165, 1.54) is 11.1 Å². The van der Waals surface area contributed by atoms with Gasteiger partial charge in [0, 0.05) is 15.1 Å². The number of hydrogen-bond donors (Lipinski definition) is 1. The maximum atomic E-state index is 13.1. The normalized spacial score (nSPS) is 37.1. The van der Waals surface area contributed by atoms with Crippen LogP contribution in [0.25, 0.3) is 0 Å². The van der Waals surface area contributed by atoms with Crippen molar-refractivity contribution in [2.24, 2.45) is 5.41 Å². The fourth-order valence-electron chi connectivity index (χ4n) is 6.03. The number of carbonyl (C=O) groups is 1. The van der Waals surface area contributed by atoms with Gasteiger partial charge in [-0.05, 0) is 96.4 Å². The second kappa shape index (κ2) is 8.98. The lowest BCUT2D eigenvalue weighted by Crippen LogP contribution is -2.56. The van der Waals surface area contributed by atoms with Crippen molar-refractivity contribution in [2.75, 3.05) is 0 Å². The number of phenols is 1. The van der Waals surface area contributed by atoms with Crippen LogP contribution in [0.1, 0.15) is 89.1 Å². The molecule has 1 aliphatic carbocycles. The molecule has 5 rings (SSSR count). The standard InChI is InChI=1S/C27H36Br2O4/c1-16-6-9-21(28)26(4)12-10-22(29)27(5)13-11-23(25(2,3)33-27)32-24(31)17-7-8-20(30)18(14-17)15-19(16)26/h7-8,14,21-23,30H,6,9-13,15H2,1-5H3/t21-,22+,23-,26-,27+/m0/s1. The van der Waals surface area contributed by atoms with E-state index in [2.05, 4.69) is 52.6 Å². The van der Waals surface area contributed by atoms with Crippen LogP contribution in [-0.4, -0.2) is 38.0 Å². The van der Waals surface area contributed by atoms with Crippen LogP contribution in [0, 0.1) is 5.41 Å². The monoisotopic (exact) mass is 582 g/mol. The molecule has 4 bridgehead atoms. The molecule has 5 atom stereocenters. The second-order valence-electron chi connectivity index (χ2n) is 11.2. The molecule has 182 valence electrons. The zero-order chi connectivity index (χ0) is 24.2. The number of benzene rings is 1. The summed E-state index contributed by atoms with van der Waals surface area (Å²) in [7, 11) is 0. The van der Waals surface area contributed by atoms with E-state index in [1.807, 2.05) is 19.9 Å². The minimum absolute atomic E-state index is 0.0550. The Bertz CT molecular complexity index is 971. The molecule has 6 heteroatoms.